The molecule has 1 saturated heterocycles. The lowest BCUT2D eigenvalue weighted by atomic mass is 10.1. The predicted octanol–water partition coefficient (Wildman–Crippen LogP) is 2.61. The molecule has 0 spiro atoms. The molecule has 17 heavy (non-hydrogen) atoms. The van der Waals surface area contributed by atoms with Gasteiger partial charge < -0.3 is 10.6 Å². The number of amides is 1. The summed E-state index contributed by atoms with van der Waals surface area (Å²) < 4.78 is 0. The third-order valence-electron chi connectivity index (χ3n) is 3.48. The van der Waals surface area contributed by atoms with Gasteiger partial charge in [0.2, 0.25) is 5.91 Å². The van der Waals surface area contributed by atoms with Gasteiger partial charge in [-0.15, -0.1) is 0 Å². The molecule has 0 aromatic carbocycles. The second kappa shape index (κ2) is 9.46. The van der Waals surface area contributed by atoms with E-state index in [2.05, 4.69) is 17.6 Å². The standard InChI is InChI=1S/C14H28N2O/c1-2-3-4-5-6-9-14(17)16-12-10-13-8-7-11-15-13/h13,15H,2-12H2,1H3,(H,16,17)/t13-/m0/s1. The van der Waals surface area contributed by atoms with Crippen molar-refractivity contribution in [3.05, 3.63) is 0 Å². The van der Waals surface area contributed by atoms with Crippen LogP contribution in [-0.2, 0) is 4.79 Å². The van der Waals surface area contributed by atoms with Crippen LogP contribution in [0.25, 0.3) is 0 Å². The average molecular weight is 240 g/mol. The molecule has 0 saturated carbocycles. The first kappa shape index (κ1) is 14.5. The van der Waals surface area contributed by atoms with E-state index >= 15 is 0 Å². The molecule has 1 fully saturated rings. The second-order valence-electron chi connectivity index (χ2n) is 5.10. The van der Waals surface area contributed by atoms with Crippen molar-refractivity contribution in [3.8, 4) is 0 Å². The van der Waals surface area contributed by atoms with Gasteiger partial charge in [0.15, 0.2) is 0 Å². The fourth-order valence-electron chi connectivity index (χ4n) is 2.37. The van der Waals surface area contributed by atoms with Gasteiger partial charge in [-0.3, -0.25) is 4.79 Å². The summed E-state index contributed by atoms with van der Waals surface area (Å²) in [5, 5.41) is 6.47. The molecule has 0 aromatic rings. The number of hydrogen-bond donors (Lipinski definition) is 2. The highest BCUT2D eigenvalue weighted by molar-refractivity contribution is 5.75. The Morgan fingerprint density at radius 1 is 1.29 bits per heavy atom. The van der Waals surface area contributed by atoms with E-state index in [1.165, 1.54) is 38.5 Å². The molecule has 3 nitrogen and oxygen atoms in total. The minimum Gasteiger partial charge on any atom is -0.356 e. The molecule has 0 aliphatic carbocycles. The van der Waals surface area contributed by atoms with Crippen LogP contribution in [0.5, 0.6) is 0 Å². The molecular formula is C14H28N2O. The third kappa shape index (κ3) is 7.37. The van der Waals surface area contributed by atoms with Crippen molar-refractivity contribution >= 4 is 5.91 Å². The average Bonchev–Trinajstić information content (AvgIpc) is 2.82. The highest BCUT2D eigenvalue weighted by Gasteiger charge is 2.13. The monoisotopic (exact) mass is 240 g/mol. The summed E-state index contributed by atoms with van der Waals surface area (Å²) in [6.07, 6.45) is 10.4. The molecule has 0 bridgehead atoms. The zero-order valence-corrected chi connectivity index (χ0v) is 11.3. The summed E-state index contributed by atoms with van der Waals surface area (Å²) in [5.74, 6) is 0.236. The highest BCUT2D eigenvalue weighted by atomic mass is 16.1. The molecule has 0 radical (unpaired) electrons. The van der Waals surface area contributed by atoms with Crippen LogP contribution < -0.4 is 10.6 Å². The Balaban J connectivity index is 1.86. The number of unbranched alkanes of at least 4 members (excludes halogenated alkanes) is 4. The number of nitrogens with one attached hydrogen (secondary N) is 2. The Hall–Kier alpha value is -0.570. The molecule has 1 aliphatic heterocycles. The largest absolute Gasteiger partial charge is 0.356 e. The first-order valence-corrected chi connectivity index (χ1v) is 7.33. The summed E-state index contributed by atoms with van der Waals surface area (Å²) in [7, 11) is 0. The van der Waals surface area contributed by atoms with Crippen molar-refractivity contribution in [1.82, 2.24) is 10.6 Å². The van der Waals surface area contributed by atoms with Crippen molar-refractivity contribution in [3.63, 3.8) is 0 Å². The molecule has 1 amide bonds. The Kier molecular flexibility index (Phi) is 8.06. The smallest absolute Gasteiger partial charge is 0.219 e. The topological polar surface area (TPSA) is 41.1 Å². The summed E-state index contributed by atoms with van der Waals surface area (Å²) in [6.45, 7) is 4.20. The number of carbonyl (C=O) groups excluding carboxylic acids is 1. The maximum Gasteiger partial charge on any atom is 0.219 e. The molecule has 1 heterocycles. The molecule has 3 heteroatoms. The summed E-state index contributed by atoms with van der Waals surface area (Å²) in [4.78, 5) is 11.5. The van der Waals surface area contributed by atoms with Crippen LogP contribution in [0, 0.1) is 0 Å². The van der Waals surface area contributed by atoms with Gasteiger partial charge in [0.05, 0.1) is 0 Å². The summed E-state index contributed by atoms with van der Waals surface area (Å²) in [6, 6.07) is 0.639. The van der Waals surface area contributed by atoms with Crippen molar-refractivity contribution in [1.29, 1.82) is 0 Å². The summed E-state index contributed by atoms with van der Waals surface area (Å²) in [5.41, 5.74) is 0. The zero-order chi connectivity index (χ0) is 12.3. The molecule has 0 aromatic heterocycles. The van der Waals surface area contributed by atoms with Crippen LogP contribution in [0.15, 0.2) is 0 Å². The molecule has 100 valence electrons. The molecule has 0 unspecified atom stereocenters. The first-order chi connectivity index (χ1) is 8.33. The van der Waals surface area contributed by atoms with E-state index < -0.39 is 0 Å². The van der Waals surface area contributed by atoms with Gasteiger partial charge in [0.1, 0.15) is 0 Å². The van der Waals surface area contributed by atoms with E-state index in [1.54, 1.807) is 0 Å². The lowest BCUT2D eigenvalue weighted by Gasteiger charge is -2.10. The van der Waals surface area contributed by atoms with Crippen LogP contribution in [0.2, 0.25) is 0 Å². The van der Waals surface area contributed by atoms with Crippen molar-refractivity contribution in [2.24, 2.45) is 0 Å². The van der Waals surface area contributed by atoms with Crippen molar-refractivity contribution in [2.45, 2.75) is 70.8 Å². The van der Waals surface area contributed by atoms with E-state index in [0.717, 1.165) is 25.9 Å². The van der Waals surface area contributed by atoms with Gasteiger partial charge in [-0.05, 0) is 32.2 Å². The SMILES string of the molecule is CCCCCCCC(=O)NCC[C@@H]1CCCN1. The third-order valence-corrected chi connectivity index (χ3v) is 3.48. The van der Waals surface area contributed by atoms with Crippen molar-refractivity contribution in [2.75, 3.05) is 13.1 Å². The number of hydrogen-bond acceptors (Lipinski definition) is 2. The van der Waals surface area contributed by atoms with E-state index in [9.17, 15) is 4.79 Å². The fourth-order valence-corrected chi connectivity index (χ4v) is 2.37. The van der Waals surface area contributed by atoms with Crippen molar-refractivity contribution < 1.29 is 4.79 Å². The molecule has 2 N–H and O–H groups in total. The van der Waals surface area contributed by atoms with Crippen LogP contribution in [0.3, 0.4) is 0 Å². The van der Waals surface area contributed by atoms with Crippen LogP contribution in [0.1, 0.15) is 64.7 Å². The fraction of sp³-hybridized carbons (Fsp3) is 0.929. The van der Waals surface area contributed by atoms with Crippen LogP contribution >= 0.6 is 0 Å². The Labute approximate surface area is 106 Å². The molecule has 1 atom stereocenters. The van der Waals surface area contributed by atoms with Gasteiger partial charge in [0, 0.05) is 19.0 Å². The maximum absolute atomic E-state index is 11.5. The lowest BCUT2D eigenvalue weighted by Crippen LogP contribution is -2.30. The first-order valence-electron chi connectivity index (χ1n) is 7.33. The number of carbonyl (C=O) groups is 1. The molecular weight excluding hydrogens is 212 g/mol. The second-order valence-corrected chi connectivity index (χ2v) is 5.10. The minimum atomic E-state index is 0.236. The van der Waals surface area contributed by atoms with E-state index in [0.29, 0.717) is 12.5 Å². The van der Waals surface area contributed by atoms with Gasteiger partial charge in [-0.2, -0.15) is 0 Å². The highest BCUT2D eigenvalue weighted by Crippen LogP contribution is 2.08. The van der Waals surface area contributed by atoms with Gasteiger partial charge in [-0.25, -0.2) is 0 Å². The quantitative estimate of drug-likeness (QED) is 0.608. The number of rotatable bonds is 9. The Morgan fingerprint density at radius 2 is 2.12 bits per heavy atom. The van der Waals surface area contributed by atoms with Crippen LogP contribution in [0.4, 0.5) is 0 Å². The van der Waals surface area contributed by atoms with E-state index in [1.807, 2.05) is 0 Å². The zero-order valence-electron chi connectivity index (χ0n) is 11.3. The van der Waals surface area contributed by atoms with E-state index in [4.69, 9.17) is 0 Å². The van der Waals surface area contributed by atoms with Gasteiger partial charge >= 0.3 is 0 Å². The Bertz CT molecular complexity index is 200. The summed E-state index contributed by atoms with van der Waals surface area (Å²) >= 11 is 0. The van der Waals surface area contributed by atoms with Crippen LogP contribution in [-0.4, -0.2) is 25.0 Å². The molecule has 1 rings (SSSR count). The van der Waals surface area contributed by atoms with Gasteiger partial charge in [0.25, 0.3) is 0 Å². The normalized spacial score (nSPS) is 19.5. The van der Waals surface area contributed by atoms with Gasteiger partial charge in [-0.1, -0.05) is 32.6 Å². The lowest BCUT2D eigenvalue weighted by molar-refractivity contribution is -0.121. The van der Waals surface area contributed by atoms with E-state index in [-0.39, 0.29) is 5.91 Å². The maximum atomic E-state index is 11.5. The predicted molar refractivity (Wildman–Crippen MR) is 72.0 cm³/mol. The minimum absolute atomic E-state index is 0.236. The Morgan fingerprint density at radius 3 is 2.82 bits per heavy atom. The molecule has 1 aliphatic rings.